The van der Waals surface area contributed by atoms with E-state index in [0.29, 0.717) is 17.1 Å². The third kappa shape index (κ3) is 2.99. The van der Waals surface area contributed by atoms with Gasteiger partial charge in [0.25, 0.3) is 5.91 Å². The van der Waals surface area contributed by atoms with Crippen molar-refractivity contribution in [3.8, 4) is 16.9 Å². The zero-order valence-corrected chi connectivity index (χ0v) is 17.0. The van der Waals surface area contributed by atoms with Crippen LogP contribution in [0.15, 0.2) is 41.5 Å². The summed E-state index contributed by atoms with van der Waals surface area (Å²) in [5, 5.41) is 7.57. The summed E-state index contributed by atoms with van der Waals surface area (Å²) in [5.41, 5.74) is 5.58. The van der Waals surface area contributed by atoms with Gasteiger partial charge in [0.05, 0.1) is 5.69 Å². The third-order valence-corrected chi connectivity index (χ3v) is 6.01. The quantitative estimate of drug-likeness (QED) is 0.797. The zero-order valence-electron chi connectivity index (χ0n) is 17.0. The first-order valence-electron chi connectivity index (χ1n) is 10.2. The van der Waals surface area contributed by atoms with Gasteiger partial charge in [-0.3, -0.25) is 4.79 Å². The van der Waals surface area contributed by atoms with E-state index in [2.05, 4.69) is 27.7 Å². The molecule has 0 saturated carbocycles. The maximum absolute atomic E-state index is 14.8. The van der Waals surface area contributed by atoms with Crippen LogP contribution in [0.4, 0.5) is 15.8 Å². The highest BCUT2D eigenvalue weighted by molar-refractivity contribution is 6.10. The predicted octanol–water partition coefficient (Wildman–Crippen LogP) is 2.32. The Balaban J connectivity index is 1.71. The summed E-state index contributed by atoms with van der Waals surface area (Å²) in [7, 11) is 0. The Hall–Kier alpha value is -3.13. The largest absolute Gasteiger partial charge is 0.483 e. The molecule has 0 radical (unpaired) electrons. The molecule has 2 aromatic carbocycles. The molecule has 156 valence electrons. The van der Waals surface area contributed by atoms with E-state index in [9.17, 15) is 9.18 Å². The van der Waals surface area contributed by atoms with Gasteiger partial charge in [0, 0.05) is 42.5 Å². The van der Waals surface area contributed by atoms with Crippen molar-refractivity contribution >= 4 is 23.1 Å². The number of carbonyl (C=O) groups excluding carboxylic acids is 1. The van der Waals surface area contributed by atoms with Crippen molar-refractivity contribution in [1.82, 2.24) is 10.7 Å². The van der Waals surface area contributed by atoms with Crippen molar-refractivity contribution in [2.45, 2.75) is 25.9 Å². The number of carbonyl (C=O) groups is 1. The van der Waals surface area contributed by atoms with E-state index >= 15 is 0 Å². The summed E-state index contributed by atoms with van der Waals surface area (Å²) >= 11 is 0. The number of halogens is 1. The highest BCUT2D eigenvalue weighted by atomic mass is 19.1. The fraction of sp³-hybridized carbons (Fsp3) is 0.364. The van der Waals surface area contributed by atoms with E-state index in [1.807, 2.05) is 30.0 Å². The number of amides is 1. The van der Waals surface area contributed by atoms with Gasteiger partial charge in [0.1, 0.15) is 24.2 Å². The van der Waals surface area contributed by atoms with Crippen LogP contribution in [0.5, 0.6) is 5.75 Å². The van der Waals surface area contributed by atoms with Crippen LogP contribution in [0.25, 0.3) is 11.1 Å². The maximum atomic E-state index is 14.8. The Kier molecular flexibility index (Phi) is 4.58. The summed E-state index contributed by atoms with van der Waals surface area (Å²) in [6.07, 6.45) is 0. The van der Waals surface area contributed by atoms with Gasteiger partial charge < -0.3 is 19.9 Å². The minimum Gasteiger partial charge on any atom is -0.483 e. The average molecular weight is 409 g/mol. The molecule has 3 heterocycles. The molecular weight excluding hydrogens is 385 g/mol. The number of anilines is 2. The predicted molar refractivity (Wildman–Crippen MR) is 115 cm³/mol. The maximum Gasteiger partial charge on any atom is 0.262 e. The molecule has 0 aliphatic carbocycles. The summed E-state index contributed by atoms with van der Waals surface area (Å²) < 4.78 is 20.8. The summed E-state index contributed by atoms with van der Waals surface area (Å²) in [6, 6.07) is 10.5. The molecule has 2 N–H and O–H groups in total. The number of piperazine rings is 1. The molecule has 0 unspecified atom stereocenters. The van der Waals surface area contributed by atoms with Gasteiger partial charge in [-0.2, -0.15) is 5.10 Å². The molecule has 5 rings (SSSR count). The third-order valence-electron chi connectivity index (χ3n) is 6.01. The Morgan fingerprint density at radius 2 is 2.00 bits per heavy atom. The lowest BCUT2D eigenvalue weighted by Crippen LogP contribution is -2.55. The molecule has 3 aliphatic rings. The van der Waals surface area contributed by atoms with Gasteiger partial charge in [0.2, 0.25) is 0 Å². The molecule has 1 fully saturated rings. The first-order valence-corrected chi connectivity index (χ1v) is 10.2. The van der Waals surface area contributed by atoms with Gasteiger partial charge >= 0.3 is 0 Å². The van der Waals surface area contributed by atoms with Gasteiger partial charge in [-0.05, 0) is 32.0 Å². The molecular formula is C22H24FN5O2. The molecule has 30 heavy (non-hydrogen) atoms. The highest BCUT2D eigenvalue weighted by Gasteiger charge is 2.36. The molecule has 1 amide bonds. The number of hydrogen-bond acceptors (Lipinski definition) is 6. The van der Waals surface area contributed by atoms with Crippen LogP contribution in [-0.4, -0.2) is 50.1 Å². The van der Waals surface area contributed by atoms with E-state index in [0.717, 1.165) is 36.6 Å². The van der Waals surface area contributed by atoms with Gasteiger partial charge in [0.15, 0.2) is 5.84 Å². The first-order chi connectivity index (χ1) is 14.5. The van der Waals surface area contributed by atoms with Crippen LogP contribution in [0.1, 0.15) is 13.8 Å². The normalized spacial score (nSPS) is 23.2. The SMILES string of the molecule is C[C@@H]1CNCCN1c1cc2c(cc1-c1ccccc1F)OCC1=NNC(=O)[C@@H](C)N12. The van der Waals surface area contributed by atoms with E-state index < -0.39 is 6.04 Å². The molecule has 0 bridgehead atoms. The monoisotopic (exact) mass is 409 g/mol. The van der Waals surface area contributed by atoms with Crippen LogP contribution in [0, 0.1) is 5.82 Å². The number of ether oxygens (including phenoxy) is 1. The summed E-state index contributed by atoms with van der Waals surface area (Å²) in [5.74, 6) is 0.847. The second-order valence-corrected chi connectivity index (χ2v) is 7.90. The van der Waals surface area contributed by atoms with Crippen molar-refractivity contribution in [1.29, 1.82) is 0 Å². The molecule has 1 saturated heterocycles. The lowest BCUT2D eigenvalue weighted by atomic mass is 9.98. The van der Waals surface area contributed by atoms with Crippen molar-refractivity contribution < 1.29 is 13.9 Å². The van der Waals surface area contributed by atoms with Crippen molar-refractivity contribution in [3.05, 3.63) is 42.2 Å². The van der Waals surface area contributed by atoms with Crippen molar-refractivity contribution in [2.24, 2.45) is 5.10 Å². The Morgan fingerprint density at radius 3 is 2.80 bits per heavy atom. The number of amidine groups is 1. The Bertz CT molecular complexity index is 1040. The minimum atomic E-state index is -0.409. The molecule has 3 aliphatic heterocycles. The van der Waals surface area contributed by atoms with E-state index in [1.54, 1.807) is 12.1 Å². The number of rotatable bonds is 2. The standard InChI is InChI=1S/C22H24FN5O2/c1-13-11-24-7-8-27(13)18-10-19-20(9-16(18)15-5-3-4-6-17(15)23)30-12-21-25-26-22(29)14(2)28(19)21/h3-6,9-10,13-14,24H,7-8,11-12H2,1-2H3,(H,26,29)/t13-,14-/m1/s1. The van der Waals surface area contributed by atoms with Crippen molar-refractivity contribution in [3.63, 3.8) is 0 Å². The van der Waals surface area contributed by atoms with Crippen LogP contribution < -0.4 is 25.3 Å². The molecule has 7 nitrogen and oxygen atoms in total. The van der Waals surface area contributed by atoms with Crippen LogP contribution >= 0.6 is 0 Å². The van der Waals surface area contributed by atoms with Gasteiger partial charge in [-0.15, -0.1) is 0 Å². The minimum absolute atomic E-state index is 0.165. The zero-order chi connectivity index (χ0) is 20.8. The fourth-order valence-electron chi connectivity index (χ4n) is 4.39. The molecule has 0 aromatic heterocycles. The lowest BCUT2D eigenvalue weighted by Gasteiger charge is -2.41. The number of nitrogens with zero attached hydrogens (tertiary/aromatic N) is 3. The first kappa shape index (κ1) is 18.9. The summed E-state index contributed by atoms with van der Waals surface area (Å²) in [6.45, 7) is 6.74. The molecule has 2 atom stereocenters. The average Bonchev–Trinajstić information content (AvgIpc) is 2.76. The summed E-state index contributed by atoms with van der Waals surface area (Å²) in [4.78, 5) is 16.5. The molecule has 2 aromatic rings. The topological polar surface area (TPSA) is 69.2 Å². The number of hydrazone groups is 1. The number of benzene rings is 2. The number of hydrogen-bond donors (Lipinski definition) is 2. The fourth-order valence-corrected chi connectivity index (χ4v) is 4.39. The Morgan fingerprint density at radius 1 is 1.17 bits per heavy atom. The molecule has 0 spiro atoms. The highest BCUT2D eigenvalue weighted by Crippen LogP contribution is 2.44. The Labute approximate surface area is 174 Å². The number of fused-ring (bicyclic) bond motifs is 3. The van der Waals surface area contributed by atoms with Gasteiger partial charge in [-0.1, -0.05) is 18.2 Å². The second-order valence-electron chi connectivity index (χ2n) is 7.90. The van der Waals surface area contributed by atoms with E-state index in [4.69, 9.17) is 4.74 Å². The second kappa shape index (κ2) is 7.28. The number of nitrogens with one attached hydrogen (secondary N) is 2. The molecule has 8 heteroatoms. The smallest absolute Gasteiger partial charge is 0.262 e. The van der Waals surface area contributed by atoms with Crippen LogP contribution in [0.3, 0.4) is 0 Å². The van der Waals surface area contributed by atoms with Crippen molar-refractivity contribution in [2.75, 3.05) is 36.0 Å². The lowest BCUT2D eigenvalue weighted by molar-refractivity contribution is -0.122. The van der Waals surface area contributed by atoms with Crippen LogP contribution in [0.2, 0.25) is 0 Å². The van der Waals surface area contributed by atoms with E-state index in [1.165, 1.54) is 6.07 Å². The van der Waals surface area contributed by atoms with Crippen LogP contribution in [-0.2, 0) is 4.79 Å². The van der Waals surface area contributed by atoms with E-state index in [-0.39, 0.29) is 24.4 Å². The van der Waals surface area contributed by atoms with Gasteiger partial charge in [-0.25, -0.2) is 9.82 Å².